The smallest absolute Gasteiger partial charge is 0.406 e. The van der Waals surface area contributed by atoms with Gasteiger partial charge >= 0.3 is 12.4 Å². The molecule has 1 unspecified atom stereocenters. The third-order valence-electron chi connectivity index (χ3n) is 6.77. The van der Waals surface area contributed by atoms with Gasteiger partial charge in [-0.05, 0) is 68.1 Å². The van der Waals surface area contributed by atoms with Gasteiger partial charge in [-0.15, -0.1) is 18.3 Å². The summed E-state index contributed by atoms with van der Waals surface area (Å²) in [6.45, 7) is 6.60. The van der Waals surface area contributed by atoms with Crippen LogP contribution in [0.5, 0.6) is 5.75 Å². The highest BCUT2D eigenvalue weighted by molar-refractivity contribution is 8.14. The van der Waals surface area contributed by atoms with Crippen molar-refractivity contribution in [2.45, 2.75) is 46.1 Å². The van der Waals surface area contributed by atoms with Gasteiger partial charge in [-0.3, -0.25) is 0 Å². The van der Waals surface area contributed by atoms with Crippen LogP contribution in [-0.4, -0.2) is 44.1 Å². The zero-order chi connectivity index (χ0) is 29.9. The van der Waals surface area contributed by atoms with E-state index in [2.05, 4.69) is 62.9 Å². The minimum Gasteiger partial charge on any atom is -0.406 e. The van der Waals surface area contributed by atoms with E-state index >= 15 is 0 Å². The van der Waals surface area contributed by atoms with Crippen LogP contribution in [0.1, 0.15) is 30.0 Å². The Kier molecular flexibility index (Phi) is 8.53. The van der Waals surface area contributed by atoms with E-state index < -0.39 is 12.4 Å². The van der Waals surface area contributed by atoms with E-state index in [4.69, 9.17) is 0 Å². The lowest BCUT2D eigenvalue weighted by Gasteiger charge is -2.37. The fraction of sp³-hybridized carbons (Fsp3) is 0.267. The van der Waals surface area contributed by atoms with Crippen LogP contribution in [0.2, 0.25) is 0 Å². The molecule has 8 nitrogen and oxygen atoms in total. The van der Waals surface area contributed by atoms with E-state index in [1.807, 2.05) is 30.3 Å². The Labute approximate surface area is 245 Å². The summed E-state index contributed by atoms with van der Waals surface area (Å²) in [6, 6.07) is 18.8. The molecule has 2 amide bonds. The SMILES string of the molecule is Cc1cccc(C)c1N1/C(=N/C(=O)NCc2ccc(-c3ncn(-c4ccc(OC(F)(F)F)cc4)n3)cc2)SCCC1C. The van der Waals surface area contributed by atoms with Crippen molar-refractivity contribution in [1.29, 1.82) is 0 Å². The molecule has 1 aliphatic heterocycles. The van der Waals surface area contributed by atoms with Crippen LogP contribution in [0.15, 0.2) is 78.0 Å². The number of nitrogens with zero attached hydrogens (tertiary/aromatic N) is 5. The first-order chi connectivity index (χ1) is 20.1. The molecule has 12 heteroatoms. The lowest BCUT2D eigenvalue weighted by molar-refractivity contribution is -0.274. The number of urea groups is 1. The molecule has 4 aromatic rings. The highest BCUT2D eigenvalue weighted by Crippen LogP contribution is 2.34. The van der Waals surface area contributed by atoms with Crippen LogP contribution < -0.4 is 15.0 Å². The maximum absolute atomic E-state index is 12.8. The minimum absolute atomic E-state index is 0.227. The quantitative estimate of drug-likeness (QED) is 0.258. The predicted molar refractivity (Wildman–Crippen MR) is 158 cm³/mol. The van der Waals surface area contributed by atoms with E-state index in [1.54, 1.807) is 11.8 Å². The van der Waals surface area contributed by atoms with E-state index in [-0.39, 0.29) is 11.8 Å². The number of rotatable bonds is 6. The van der Waals surface area contributed by atoms with E-state index in [1.165, 1.54) is 35.3 Å². The molecule has 42 heavy (non-hydrogen) atoms. The Morgan fingerprint density at radius 3 is 2.43 bits per heavy atom. The Morgan fingerprint density at radius 2 is 1.76 bits per heavy atom. The fourth-order valence-corrected chi connectivity index (χ4v) is 5.89. The molecule has 0 bridgehead atoms. The van der Waals surface area contributed by atoms with E-state index in [0.717, 1.165) is 40.1 Å². The molecule has 0 saturated carbocycles. The number of ether oxygens (including phenoxy) is 1. The second-order valence-corrected chi connectivity index (χ2v) is 11.0. The van der Waals surface area contributed by atoms with Gasteiger partial charge in [-0.2, -0.15) is 4.99 Å². The number of hydrogen-bond acceptors (Lipinski definition) is 5. The zero-order valence-corrected chi connectivity index (χ0v) is 24.0. The highest BCUT2D eigenvalue weighted by Gasteiger charge is 2.31. The molecule has 218 valence electrons. The number of hydrogen-bond donors (Lipinski definition) is 1. The summed E-state index contributed by atoms with van der Waals surface area (Å²) in [6.07, 6.45) is -2.27. The summed E-state index contributed by atoms with van der Waals surface area (Å²) in [5, 5.41) is 8.00. The van der Waals surface area contributed by atoms with Gasteiger partial charge in [0.2, 0.25) is 0 Å². The van der Waals surface area contributed by atoms with Crippen LogP contribution in [-0.2, 0) is 6.54 Å². The first kappa shape index (κ1) is 29.2. The standard InChI is InChI=1S/C30H29F3N6O2S/c1-19-5-4-6-20(2)26(19)39-21(3)15-16-42-29(39)36-28(40)34-17-22-7-9-23(10-8-22)27-35-18-38(37-27)24-11-13-25(14-12-24)41-30(31,32)33/h4-14,18,21H,15-17H2,1-3H3,(H,34,40)/b36-29-. The highest BCUT2D eigenvalue weighted by atomic mass is 32.2. The van der Waals surface area contributed by atoms with Crippen molar-refractivity contribution < 1.29 is 22.7 Å². The summed E-state index contributed by atoms with van der Waals surface area (Å²) in [4.78, 5) is 23.7. The third kappa shape index (κ3) is 6.93. The van der Waals surface area contributed by atoms with Crippen molar-refractivity contribution in [2.24, 2.45) is 4.99 Å². The fourth-order valence-electron chi connectivity index (χ4n) is 4.69. The number of thioether (sulfide) groups is 1. The first-order valence-corrected chi connectivity index (χ1v) is 14.3. The maximum atomic E-state index is 12.8. The van der Waals surface area contributed by atoms with Gasteiger partial charge in [0, 0.05) is 29.6 Å². The number of amidine groups is 1. The average molecular weight is 595 g/mol. The lowest BCUT2D eigenvalue weighted by atomic mass is 10.1. The summed E-state index contributed by atoms with van der Waals surface area (Å²) >= 11 is 1.59. The van der Waals surface area contributed by atoms with Gasteiger partial charge in [-0.25, -0.2) is 14.5 Å². The number of carbonyl (C=O) groups excluding carboxylic acids is 1. The van der Waals surface area contributed by atoms with Crippen molar-refractivity contribution in [3.05, 3.63) is 89.7 Å². The number of alkyl halides is 3. The number of aliphatic imine (C=N–C) groups is 1. The number of halogens is 3. The summed E-state index contributed by atoms with van der Waals surface area (Å²) < 4.78 is 42.6. The van der Waals surface area contributed by atoms with Gasteiger partial charge < -0.3 is 15.0 Å². The minimum atomic E-state index is -4.75. The number of aromatic nitrogens is 3. The summed E-state index contributed by atoms with van der Waals surface area (Å²) in [5.41, 5.74) is 5.55. The largest absolute Gasteiger partial charge is 0.573 e. The van der Waals surface area contributed by atoms with Crippen molar-refractivity contribution in [1.82, 2.24) is 20.1 Å². The summed E-state index contributed by atoms with van der Waals surface area (Å²) in [7, 11) is 0. The van der Waals surface area contributed by atoms with Gasteiger partial charge in [-0.1, -0.05) is 54.2 Å². The number of carbonyl (C=O) groups is 1. The lowest BCUT2D eigenvalue weighted by Crippen LogP contribution is -2.43. The van der Waals surface area contributed by atoms with Crippen molar-refractivity contribution in [3.8, 4) is 22.8 Å². The van der Waals surface area contributed by atoms with Crippen LogP contribution in [0.25, 0.3) is 17.1 Å². The summed E-state index contributed by atoms with van der Waals surface area (Å²) in [5.74, 6) is 1.03. The Morgan fingerprint density at radius 1 is 1.07 bits per heavy atom. The molecule has 0 spiro atoms. The van der Waals surface area contributed by atoms with Crippen LogP contribution in [0.3, 0.4) is 0 Å². The van der Waals surface area contributed by atoms with Crippen LogP contribution in [0.4, 0.5) is 23.7 Å². The molecule has 1 N–H and O–H groups in total. The number of anilines is 1. The van der Waals surface area contributed by atoms with Gasteiger partial charge in [0.05, 0.1) is 5.69 Å². The number of benzene rings is 3. The normalized spacial score (nSPS) is 16.5. The van der Waals surface area contributed by atoms with Crippen LogP contribution >= 0.6 is 11.8 Å². The number of para-hydroxylation sites is 1. The molecule has 5 rings (SSSR count). The number of aryl methyl sites for hydroxylation is 2. The monoisotopic (exact) mass is 594 g/mol. The second kappa shape index (κ2) is 12.3. The van der Waals surface area contributed by atoms with Crippen molar-refractivity contribution in [2.75, 3.05) is 10.7 Å². The van der Waals surface area contributed by atoms with Crippen LogP contribution in [0, 0.1) is 13.8 Å². The molecular weight excluding hydrogens is 565 g/mol. The molecule has 0 aliphatic carbocycles. The van der Waals surface area contributed by atoms with E-state index in [9.17, 15) is 18.0 Å². The zero-order valence-electron chi connectivity index (χ0n) is 23.2. The average Bonchev–Trinajstić information content (AvgIpc) is 3.43. The maximum Gasteiger partial charge on any atom is 0.573 e. The van der Waals surface area contributed by atoms with Crippen molar-refractivity contribution in [3.63, 3.8) is 0 Å². The molecule has 1 aromatic heterocycles. The van der Waals surface area contributed by atoms with Crippen molar-refractivity contribution >= 4 is 28.6 Å². The number of nitrogens with one attached hydrogen (secondary N) is 1. The molecule has 1 fully saturated rings. The Hall–Kier alpha value is -4.32. The molecular formula is C30H29F3N6O2S. The van der Waals surface area contributed by atoms with Gasteiger partial charge in [0.1, 0.15) is 12.1 Å². The molecule has 2 heterocycles. The molecule has 1 aliphatic rings. The Bertz CT molecular complexity index is 1570. The number of amides is 2. The third-order valence-corrected chi connectivity index (χ3v) is 7.76. The molecule has 1 atom stereocenters. The second-order valence-electron chi connectivity index (χ2n) is 9.90. The molecule has 3 aromatic carbocycles. The van der Waals surface area contributed by atoms with E-state index in [0.29, 0.717) is 23.2 Å². The molecule has 0 radical (unpaired) electrons. The van der Waals surface area contributed by atoms with Gasteiger partial charge in [0.15, 0.2) is 11.0 Å². The Balaban J connectivity index is 1.22. The van der Waals surface area contributed by atoms with Gasteiger partial charge in [0.25, 0.3) is 0 Å². The first-order valence-electron chi connectivity index (χ1n) is 13.3. The molecule has 1 saturated heterocycles. The topological polar surface area (TPSA) is 84.6 Å². The predicted octanol–water partition coefficient (Wildman–Crippen LogP) is 7.05.